The zero-order valence-corrected chi connectivity index (χ0v) is 26.8. The predicted molar refractivity (Wildman–Crippen MR) is 168 cm³/mol. The van der Waals surface area contributed by atoms with Crippen LogP contribution < -0.4 is 29.1 Å². The maximum Gasteiger partial charge on any atom is 0.343 e. The number of carbonyl (C=O) groups excluding carboxylic acids is 2. The number of hydrogen-bond donors (Lipinski definition) is 0. The number of thiazole rings is 1. The first kappa shape index (κ1) is 32.8. The van der Waals surface area contributed by atoms with Crippen LogP contribution in [-0.2, 0) is 19.1 Å². The van der Waals surface area contributed by atoms with Crippen LogP contribution in [0.4, 0.5) is 0 Å². The summed E-state index contributed by atoms with van der Waals surface area (Å²) in [5.41, 5.74) is 1.32. The molecule has 0 N–H and O–H groups in total. The van der Waals surface area contributed by atoms with Crippen molar-refractivity contribution in [1.82, 2.24) is 4.57 Å². The Labute approximate surface area is 267 Å². The second kappa shape index (κ2) is 14.6. The highest BCUT2D eigenvalue weighted by molar-refractivity contribution is 7.07. The fraction of sp³-hybridized carbons (Fsp3) is 0.290. The number of fused-ring (bicyclic) bond motifs is 1. The van der Waals surface area contributed by atoms with Crippen LogP contribution in [0.1, 0.15) is 37.9 Å². The van der Waals surface area contributed by atoms with Gasteiger partial charge in [0.1, 0.15) is 6.61 Å². The number of benzene rings is 2. The molecular formula is C31H30Cl2N2O8S. The molecule has 3 aromatic rings. The summed E-state index contributed by atoms with van der Waals surface area (Å²) in [6.45, 7) is 9.13. The third-order valence-corrected chi connectivity index (χ3v) is 7.88. The molecule has 0 aliphatic carbocycles. The monoisotopic (exact) mass is 660 g/mol. The lowest BCUT2D eigenvalue weighted by molar-refractivity contribution is -0.143. The topological polar surface area (TPSA) is 115 Å². The lowest BCUT2D eigenvalue weighted by Crippen LogP contribution is -2.40. The summed E-state index contributed by atoms with van der Waals surface area (Å²) in [5, 5.41) is 0.546. The molecule has 0 unspecified atom stereocenters. The van der Waals surface area contributed by atoms with Crippen molar-refractivity contribution in [1.29, 1.82) is 0 Å². The lowest BCUT2D eigenvalue weighted by atomic mass is 9.95. The highest BCUT2D eigenvalue weighted by Gasteiger charge is 2.34. The minimum atomic E-state index is -0.900. The van der Waals surface area contributed by atoms with Crippen LogP contribution in [0, 0.1) is 0 Å². The SMILES string of the molecule is C=CCOc1c(Cl)cc(/C=c2\sc3n(c2=O)[C@@H](c2ccc(OCC(=O)OC)c(OCC)c2)C(C(=O)OCC)=C(C)N=3)cc1Cl. The van der Waals surface area contributed by atoms with Gasteiger partial charge in [-0.25, -0.2) is 14.6 Å². The maximum absolute atomic E-state index is 14.0. The Morgan fingerprint density at radius 1 is 1.07 bits per heavy atom. The van der Waals surface area contributed by atoms with Crippen LogP contribution in [0.3, 0.4) is 0 Å². The van der Waals surface area contributed by atoms with Crippen molar-refractivity contribution in [3.63, 3.8) is 0 Å². The van der Waals surface area contributed by atoms with Gasteiger partial charge in [0.25, 0.3) is 5.56 Å². The smallest absolute Gasteiger partial charge is 0.343 e. The van der Waals surface area contributed by atoms with Crippen molar-refractivity contribution in [2.75, 3.05) is 33.5 Å². The average Bonchev–Trinajstić information content (AvgIpc) is 3.29. The van der Waals surface area contributed by atoms with E-state index in [2.05, 4.69) is 16.3 Å². The molecule has 44 heavy (non-hydrogen) atoms. The standard InChI is InChI=1S/C31H30Cl2N2O8S/c1-6-11-42-28-20(32)12-18(13-21(28)33)14-24-29(37)35-27(26(30(38)41-8-3)17(4)34-31(35)44-24)19-9-10-22(23(15-19)40-7-2)43-16-25(36)39-5/h6,9-10,12-15,27H,1,7-8,11,16H2,2-5H3/b24-14-/t27-/m0/s1. The first-order valence-electron chi connectivity index (χ1n) is 13.5. The molecule has 10 nitrogen and oxygen atoms in total. The van der Waals surface area contributed by atoms with Crippen LogP contribution in [0.5, 0.6) is 17.2 Å². The number of hydrogen-bond acceptors (Lipinski definition) is 10. The largest absolute Gasteiger partial charge is 0.490 e. The van der Waals surface area contributed by atoms with E-state index in [1.54, 1.807) is 63.3 Å². The van der Waals surface area contributed by atoms with E-state index in [0.29, 0.717) is 50.0 Å². The number of nitrogens with zero attached hydrogens (tertiary/aromatic N) is 2. The Kier molecular flexibility index (Phi) is 10.9. The van der Waals surface area contributed by atoms with Crippen LogP contribution in [0.2, 0.25) is 10.0 Å². The van der Waals surface area contributed by atoms with Gasteiger partial charge in [-0.15, -0.1) is 0 Å². The zero-order valence-electron chi connectivity index (χ0n) is 24.5. The summed E-state index contributed by atoms with van der Waals surface area (Å²) >= 11 is 14.0. The second-order valence-corrected chi connectivity index (χ2v) is 11.0. The molecule has 0 bridgehead atoms. The van der Waals surface area contributed by atoms with Crippen LogP contribution in [0.25, 0.3) is 6.08 Å². The molecule has 1 aliphatic heterocycles. The second-order valence-electron chi connectivity index (χ2n) is 9.22. The van der Waals surface area contributed by atoms with Crippen molar-refractivity contribution >= 4 is 52.6 Å². The van der Waals surface area contributed by atoms with Crippen LogP contribution in [-0.4, -0.2) is 50.0 Å². The van der Waals surface area contributed by atoms with Gasteiger partial charge in [-0.3, -0.25) is 9.36 Å². The Morgan fingerprint density at radius 3 is 2.43 bits per heavy atom. The Bertz CT molecular complexity index is 1790. The molecule has 1 atom stereocenters. The average molecular weight is 662 g/mol. The summed E-state index contributed by atoms with van der Waals surface area (Å²) in [7, 11) is 1.26. The molecule has 0 radical (unpaired) electrons. The summed E-state index contributed by atoms with van der Waals surface area (Å²) in [6.07, 6.45) is 3.22. The number of esters is 2. The number of ether oxygens (including phenoxy) is 5. The molecule has 13 heteroatoms. The number of carbonyl (C=O) groups is 2. The minimum Gasteiger partial charge on any atom is -0.490 e. The van der Waals surface area contributed by atoms with Crippen molar-refractivity contribution in [3.05, 3.63) is 95.1 Å². The first-order chi connectivity index (χ1) is 21.1. The summed E-state index contributed by atoms with van der Waals surface area (Å²) < 4.78 is 28.8. The molecule has 4 rings (SSSR count). The van der Waals surface area contributed by atoms with Crippen LogP contribution in [0.15, 0.2) is 64.0 Å². The number of halogens is 2. The zero-order chi connectivity index (χ0) is 32.0. The van der Waals surface area contributed by atoms with Gasteiger partial charge in [0.05, 0.1) is 52.2 Å². The molecule has 0 fully saturated rings. The number of methoxy groups -OCH3 is 1. The quantitative estimate of drug-likeness (QED) is 0.204. The molecule has 0 spiro atoms. The summed E-state index contributed by atoms with van der Waals surface area (Å²) in [4.78, 5) is 43.9. The normalized spacial score (nSPS) is 14.4. The fourth-order valence-electron chi connectivity index (χ4n) is 4.48. The predicted octanol–water partition coefficient (Wildman–Crippen LogP) is 4.62. The molecule has 0 amide bonds. The third-order valence-electron chi connectivity index (χ3n) is 6.34. The minimum absolute atomic E-state index is 0.130. The van der Waals surface area contributed by atoms with E-state index in [1.165, 1.54) is 11.7 Å². The number of rotatable bonds is 12. The Morgan fingerprint density at radius 2 is 1.80 bits per heavy atom. The molecule has 1 aromatic heterocycles. The van der Waals surface area contributed by atoms with E-state index >= 15 is 0 Å². The van der Waals surface area contributed by atoms with Gasteiger partial charge in [0, 0.05) is 0 Å². The van der Waals surface area contributed by atoms with E-state index in [1.807, 2.05) is 0 Å². The number of allylic oxidation sites excluding steroid dienone is 1. The van der Waals surface area contributed by atoms with Gasteiger partial charge < -0.3 is 23.7 Å². The van der Waals surface area contributed by atoms with E-state index in [-0.39, 0.29) is 35.4 Å². The molecule has 0 saturated carbocycles. The Balaban J connectivity index is 1.88. The van der Waals surface area contributed by atoms with E-state index in [0.717, 1.165) is 11.3 Å². The van der Waals surface area contributed by atoms with Gasteiger partial charge in [-0.05, 0) is 62.2 Å². The van der Waals surface area contributed by atoms with Crippen LogP contribution >= 0.6 is 34.5 Å². The van der Waals surface area contributed by atoms with Gasteiger partial charge in [0.2, 0.25) is 0 Å². The van der Waals surface area contributed by atoms with Gasteiger partial charge >= 0.3 is 11.9 Å². The van der Waals surface area contributed by atoms with E-state index < -0.39 is 23.5 Å². The number of aromatic nitrogens is 1. The van der Waals surface area contributed by atoms with Gasteiger partial charge in [0.15, 0.2) is 28.7 Å². The van der Waals surface area contributed by atoms with Crippen molar-refractivity contribution in [2.45, 2.75) is 26.8 Å². The fourth-order valence-corrected chi connectivity index (χ4v) is 6.14. The summed E-state index contributed by atoms with van der Waals surface area (Å²) in [6, 6.07) is 7.34. The molecular weight excluding hydrogens is 631 g/mol. The van der Waals surface area contributed by atoms with E-state index in [9.17, 15) is 14.4 Å². The van der Waals surface area contributed by atoms with Crippen molar-refractivity contribution in [3.8, 4) is 17.2 Å². The van der Waals surface area contributed by atoms with Crippen molar-refractivity contribution in [2.24, 2.45) is 4.99 Å². The molecule has 0 saturated heterocycles. The molecule has 2 heterocycles. The Hall–Kier alpha value is -4.06. The summed E-state index contributed by atoms with van der Waals surface area (Å²) in [5.74, 6) is -0.248. The third kappa shape index (κ3) is 7.01. The lowest BCUT2D eigenvalue weighted by Gasteiger charge is -2.25. The van der Waals surface area contributed by atoms with E-state index in [4.69, 9.17) is 42.1 Å². The molecule has 1 aliphatic rings. The highest BCUT2D eigenvalue weighted by atomic mass is 35.5. The highest BCUT2D eigenvalue weighted by Crippen LogP contribution is 2.37. The van der Waals surface area contributed by atoms with Gasteiger partial charge in [-0.1, -0.05) is 53.3 Å². The molecule has 232 valence electrons. The first-order valence-corrected chi connectivity index (χ1v) is 15.1. The van der Waals surface area contributed by atoms with Gasteiger partial charge in [-0.2, -0.15) is 0 Å². The maximum atomic E-state index is 14.0. The van der Waals surface area contributed by atoms with Crippen molar-refractivity contribution < 1.29 is 33.3 Å². The molecule has 2 aromatic carbocycles.